The highest BCUT2D eigenvalue weighted by Crippen LogP contribution is 2.25. The molecule has 164 valence electrons. The summed E-state index contributed by atoms with van der Waals surface area (Å²) in [5.74, 6) is 1.47. The molecule has 4 rings (SSSR count). The summed E-state index contributed by atoms with van der Waals surface area (Å²) in [6.07, 6.45) is 0.991. The van der Waals surface area contributed by atoms with Crippen molar-refractivity contribution in [2.45, 2.75) is 38.5 Å². The van der Waals surface area contributed by atoms with Gasteiger partial charge in [-0.25, -0.2) is 0 Å². The van der Waals surface area contributed by atoms with Crippen LogP contribution in [-0.2, 0) is 17.9 Å². The number of carbonyl (C=O) groups excluding carboxylic acids is 1. The molecule has 0 unspecified atom stereocenters. The number of amides is 1. The number of nitrogens with zero attached hydrogens (tertiary/aromatic N) is 5. The molecule has 6 nitrogen and oxygen atoms in total. The van der Waals surface area contributed by atoms with Crippen LogP contribution >= 0.6 is 23.1 Å². The monoisotopic (exact) mass is 455 g/mol. The highest BCUT2D eigenvalue weighted by atomic mass is 32.2. The van der Waals surface area contributed by atoms with E-state index < -0.39 is 0 Å². The maximum Gasteiger partial charge on any atom is 0.233 e. The Bertz CT molecular complexity index is 993. The molecule has 8 heteroatoms. The summed E-state index contributed by atoms with van der Waals surface area (Å²) in [7, 11) is 0. The fourth-order valence-electron chi connectivity index (χ4n) is 3.81. The lowest BCUT2D eigenvalue weighted by atomic mass is 10.1. The molecule has 3 heterocycles. The van der Waals surface area contributed by atoms with Crippen LogP contribution in [0.2, 0.25) is 0 Å². The number of hydrogen-bond acceptors (Lipinski definition) is 6. The summed E-state index contributed by atoms with van der Waals surface area (Å²) in [5.41, 5.74) is 2.27. The minimum atomic E-state index is 0.184. The Morgan fingerprint density at radius 1 is 1.13 bits per heavy atom. The van der Waals surface area contributed by atoms with Crippen molar-refractivity contribution >= 4 is 29.0 Å². The van der Waals surface area contributed by atoms with E-state index in [1.165, 1.54) is 22.2 Å². The number of aromatic nitrogens is 3. The van der Waals surface area contributed by atoms with Crippen LogP contribution in [0.25, 0.3) is 11.4 Å². The molecule has 1 aliphatic rings. The van der Waals surface area contributed by atoms with E-state index in [-0.39, 0.29) is 5.91 Å². The molecule has 0 N–H and O–H groups in total. The van der Waals surface area contributed by atoms with Crippen molar-refractivity contribution in [1.29, 1.82) is 0 Å². The van der Waals surface area contributed by atoms with Crippen LogP contribution in [0.4, 0.5) is 0 Å². The van der Waals surface area contributed by atoms with E-state index in [1.807, 2.05) is 11.0 Å². The zero-order valence-electron chi connectivity index (χ0n) is 18.2. The van der Waals surface area contributed by atoms with Crippen molar-refractivity contribution in [3.63, 3.8) is 0 Å². The topological polar surface area (TPSA) is 54.3 Å². The third-order valence-electron chi connectivity index (χ3n) is 5.45. The van der Waals surface area contributed by atoms with Crippen LogP contribution in [0.15, 0.2) is 46.9 Å². The van der Waals surface area contributed by atoms with Gasteiger partial charge in [-0.05, 0) is 30.9 Å². The smallest absolute Gasteiger partial charge is 0.233 e. The zero-order chi connectivity index (χ0) is 21.6. The number of piperazine rings is 1. The van der Waals surface area contributed by atoms with Gasteiger partial charge in [0, 0.05) is 49.7 Å². The van der Waals surface area contributed by atoms with E-state index in [0.29, 0.717) is 5.75 Å². The molecule has 2 aromatic heterocycles. The Balaban J connectivity index is 1.34. The summed E-state index contributed by atoms with van der Waals surface area (Å²) in [5, 5.41) is 11.8. The predicted molar refractivity (Wildman–Crippen MR) is 127 cm³/mol. The van der Waals surface area contributed by atoms with Gasteiger partial charge in [-0.1, -0.05) is 48.5 Å². The van der Waals surface area contributed by atoms with Gasteiger partial charge in [0.15, 0.2) is 11.0 Å². The molecular formula is C23H29N5OS2. The van der Waals surface area contributed by atoms with Gasteiger partial charge in [0.25, 0.3) is 0 Å². The molecule has 3 aromatic rings. The molecule has 1 aromatic carbocycles. The Morgan fingerprint density at radius 3 is 2.68 bits per heavy atom. The SMILES string of the molecule is CCCn1c(SCC(=O)N2CCN(Cc3cccs3)CC2)nnc1-c1cccc(C)c1. The van der Waals surface area contributed by atoms with Crippen LogP contribution in [-0.4, -0.2) is 62.4 Å². The van der Waals surface area contributed by atoms with Gasteiger partial charge in [0.2, 0.25) is 5.91 Å². The number of rotatable bonds is 8. The van der Waals surface area contributed by atoms with Gasteiger partial charge in [-0.3, -0.25) is 9.69 Å². The Kier molecular flexibility index (Phi) is 7.42. The van der Waals surface area contributed by atoms with Crippen molar-refractivity contribution in [3.05, 3.63) is 52.2 Å². The second-order valence-electron chi connectivity index (χ2n) is 7.85. The molecule has 0 bridgehead atoms. The number of hydrogen-bond donors (Lipinski definition) is 0. The second kappa shape index (κ2) is 10.4. The number of carbonyl (C=O) groups is 1. The van der Waals surface area contributed by atoms with E-state index >= 15 is 0 Å². The lowest BCUT2D eigenvalue weighted by Gasteiger charge is -2.34. The van der Waals surface area contributed by atoms with Crippen molar-refractivity contribution in [2.75, 3.05) is 31.9 Å². The summed E-state index contributed by atoms with van der Waals surface area (Å²) in [6, 6.07) is 12.6. The van der Waals surface area contributed by atoms with E-state index in [0.717, 1.165) is 62.2 Å². The van der Waals surface area contributed by atoms with Gasteiger partial charge < -0.3 is 9.47 Å². The third-order valence-corrected chi connectivity index (χ3v) is 7.26. The summed E-state index contributed by atoms with van der Waals surface area (Å²) >= 11 is 3.29. The molecule has 1 saturated heterocycles. The van der Waals surface area contributed by atoms with E-state index in [9.17, 15) is 4.79 Å². The van der Waals surface area contributed by atoms with Crippen LogP contribution in [0.1, 0.15) is 23.8 Å². The molecule has 1 aliphatic heterocycles. The van der Waals surface area contributed by atoms with Crippen LogP contribution in [0.3, 0.4) is 0 Å². The number of thioether (sulfide) groups is 1. The summed E-state index contributed by atoms with van der Waals surface area (Å²) in [6.45, 7) is 9.50. The minimum absolute atomic E-state index is 0.184. The molecule has 1 amide bonds. The average Bonchev–Trinajstić information content (AvgIpc) is 3.43. The van der Waals surface area contributed by atoms with Crippen LogP contribution in [0, 0.1) is 6.92 Å². The van der Waals surface area contributed by atoms with Crippen molar-refractivity contribution < 1.29 is 4.79 Å². The predicted octanol–water partition coefficient (Wildman–Crippen LogP) is 4.16. The van der Waals surface area contributed by atoms with Crippen molar-refractivity contribution in [1.82, 2.24) is 24.6 Å². The fraction of sp³-hybridized carbons (Fsp3) is 0.435. The van der Waals surface area contributed by atoms with E-state index in [2.05, 4.69) is 69.2 Å². The van der Waals surface area contributed by atoms with Crippen molar-refractivity contribution in [3.8, 4) is 11.4 Å². The fourth-order valence-corrected chi connectivity index (χ4v) is 5.43. The maximum absolute atomic E-state index is 12.8. The van der Waals surface area contributed by atoms with Crippen LogP contribution < -0.4 is 0 Å². The normalized spacial score (nSPS) is 14.8. The van der Waals surface area contributed by atoms with Gasteiger partial charge in [0.05, 0.1) is 5.75 Å². The molecule has 0 atom stereocenters. The first-order chi connectivity index (χ1) is 15.1. The molecule has 0 saturated carbocycles. The largest absolute Gasteiger partial charge is 0.339 e. The average molecular weight is 456 g/mol. The van der Waals surface area contributed by atoms with E-state index in [1.54, 1.807) is 11.3 Å². The highest BCUT2D eigenvalue weighted by molar-refractivity contribution is 7.99. The molecule has 0 radical (unpaired) electrons. The summed E-state index contributed by atoms with van der Waals surface area (Å²) in [4.78, 5) is 18.6. The number of benzene rings is 1. The molecule has 0 aliphatic carbocycles. The number of aryl methyl sites for hydroxylation is 1. The molecule has 0 spiro atoms. The molecular weight excluding hydrogens is 426 g/mol. The minimum Gasteiger partial charge on any atom is -0.339 e. The van der Waals surface area contributed by atoms with Crippen LogP contribution in [0.5, 0.6) is 0 Å². The Labute approximate surface area is 192 Å². The third kappa shape index (κ3) is 5.56. The first-order valence-corrected chi connectivity index (χ1v) is 12.7. The Morgan fingerprint density at radius 2 is 1.97 bits per heavy atom. The highest BCUT2D eigenvalue weighted by Gasteiger charge is 2.22. The lowest BCUT2D eigenvalue weighted by Crippen LogP contribution is -2.48. The molecule has 1 fully saturated rings. The lowest BCUT2D eigenvalue weighted by molar-refractivity contribution is -0.130. The van der Waals surface area contributed by atoms with Gasteiger partial charge >= 0.3 is 0 Å². The first-order valence-electron chi connectivity index (χ1n) is 10.8. The van der Waals surface area contributed by atoms with Gasteiger partial charge in [-0.2, -0.15) is 0 Å². The van der Waals surface area contributed by atoms with E-state index in [4.69, 9.17) is 0 Å². The number of thiophene rings is 1. The van der Waals surface area contributed by atoms with Crippen molar-refractivity contribution in [2.24, 2.45) is 0 Å². The first kappa shape index (κ1) is 22.0. The maximum atomic E-state index is 12.8. The van der Waals surface area contributed by atoms with Gasteiger partial charge in [0.1, 0.15) is 0 Å². The summed E-state index contributed by atoms with van der Waals surface area (Å²) < 4.78 is 2.14. The Hall–Kier alpha value is -2.16. The zero-order valence-corrected chi connectivity index (χ0v) is 19.8. The second-order valence-corrected chi connectivity index (χ2v) is 9.83. The van der Waals surface area contributed by atoms with Gasteiger partial charge in [-0.15, -0.1) is 21.5 Å². The standard InChI is InChI=1S/C23H29N5OS2/c1-3-9-28-22(19-7-4-6-18(2)15-19)24-25-23(28)31-17-21(29)27-12-10-26(11-13-27)16-20-8-5-14-30-20/h4-8,14-15H,3,9-13,16-17H2,1-2H3. The molecule has 31 heavy (non-hydrogen) atoms. The quantitative estimate of drug-likeness (QED) is 0.478.